The van der Waals surface area contributed by atoms with Gasteiger partial charge in [0.25, 0.3) is 0 Å². The average molecular weight is 365 g/mol. The van der Waals surface area contributed by atoms with Crippen molar-refractivity contribution in [2.45, 2.75) is 29.1 Å². The number of hydrogen-bond acceptors (Lipinski definition) is 5. The summed E-state index contributed by atoms with van der Waals surface area (Å²) >= 11 is 0. The number of hydrogen-bond donors (Lipinski definition) is 1. The standard InChI is InChI=1S/C17H19NO4S2/c1-23(19,20)15-8-9-16(17(11-15)24(2,21)22)18-14-7-6-12-4-3-5-13(12)10-14/h6-11,18H,3-5H2,1-2H3. The van der Waals surface area contributed by atoms with E-state index < -0.39 is 19.7 Å². The molecule has 24 heavy (non-hydrogen) atoms. The summed E-state index contributed by atoms with van der Waals surface area (Å²) in [4.78, 5) is -0.0339. The highest BCUT2D eigenvalue weighted by Gasteiger charge is 2.18. The monoisotopic (exact) mass is 365 g/mol. The fraction of sp³-hybridized carbons (Fsp3) is 0.294. The van der Waals surface area contributed by atoms with Crippen molar-refractivity contribution < 1.29 is 16.8 Å². The third-order valence-corrected chi connectivity index (χ3v) is 6.41. The number of nitrogens with one attached hydrogen (secondary N) is 1. The Morgan fingerprint density at radius 3 is 2.21 bits per heavy atom. The first-order chi connectivity index (χ1) is 11.1. The molecule has 0 aromatic heterocycles. The summed E-state index contributed by atoms with van der Waals surface area (Å²) < 4.78 is 47.5. The molecule has 3 rings (SSSR count). The molecule has 0 saturated carbocycles. The highest BCUT2D eigenvalue weighted by atomic mass is 32.2. The van der Waals surface area contributed by atoms with Crippen molar-refractivity contribution in [1.29, 1.82) is 0 Å². The van der Waals surface area contributed by atoms with Crippen LogP contribution >= 0.6 is 0 Å². The third kappa shape index (κ3) is 3.47. The fourth-order valence-corrected chi connectivity index (χ4v) is 4.53. The number of aryl methyl sites for hydroxylation is 2. The van der Waals surface area contributed by atoms with E-state index in [0.29, 0.717) is 5.69 Å². The van der Waals surface area contributed by atoms with E-state index in [1.807, 2.05) is 12.1 Å². The van der Waals surface area contributed by atoms with E-state index in [9.17, 15) is 16.8 Å². The maximum absolute atomic E-state index is 12.1. The van der Waals surface area contributed by atoms with Crippen LogP contribution in [0.1, 0.15) is 17.5 Å². The summed E-state index contributed by atoms with van der Waals surface area (Å²) in [5.41, 5.74) is 3.78. The molecular formula is C17H19NO4S2. The Labute approximate surface area is 142 Å². The van der Waals surface area contributed by atoms with Gasteiger partial charge in [-0.2, -0.15) is 0 Å². The third-order valence-electron chi connectivity index (χ3n) is 4.16. The van der Waals surface area contributed by atoms with Gasteiger partial charge in [-0.3, -0.25) is 0 Å². The summed E-state index contributed by atoms with van der Waals surface area (Å²) in [5.74, 6) is 0. The van der Waals surface area contributed by atoms with Gasteiger partial charge in [0.05, 0.1) is 15.5 Å². The summed E-state index contributed by atoms with van der Waals surface area (Å²) in [6.07, 6.45) is 5.37. The highest BCUT2D eigenvalue weighted by molar-refractivity contribution is 7.91. The van der Waals surface area contributed by atoms with Crippen molar-refractivity contribution in [3.05, 3.63) is 47.5 Å². The van der Waals surface area contributed by atoms with Crippen LogP contribution in [0.25, 0.3) is 0 Å². The van der Waals surface area contributed by atoms with Crippen molar-refractivity contribution in [1.82, 2.24) is 0 Å². The fourth-order valence-electron chi connectivity index (χ4n) is 2.95. The topological polar surface area (TPSA) is 80.3 Å². The summed E-state index contributed by atoms with van der Waals surface area (Å²) in [6.45, 7) is 0. The van der Waals surface area contributed by atoms with Crippen molar-refractivity contribution in [3.8, 4) is 0 Å². The van der Waals surface area contributed by atoms with Crippen LogP contribution < -0.4 is 5.32 Å². The van der Waals surface area contributed by atoms with Gasteiger partial charge in [0.1, 0.15) is 0 Å². The molecule has 0 fully saturated rings. The maximum atomic E-state index is 12.1. The second-order valence-corrected chi connectivity index (χ2v) is 10.2. The summed E-state index contributed by atoms with van der Waals surface area (Å²) in [6, 6.07) is 10.1. The number of anilines is 2. The molecule has 0 saturated heterocycles. The van der Waals surface area contributed by atoms with Crippen LogP contribution in [0.2, 0.25) is 0 Å². The Morgan fingerprint density at radius 1 is 0.833 bits per heavy atom. The van der Waals surface area contributed by atoms with Crippen LogP contribution in [-0.2, 0) is 32.5 Å². The molecule has 5 nitrogen and oxygen atoms in total. The minimum atomic E-state index is -3.57. The molecular weight excluding hydrogens is 346 g/mol. The van der Waals surface area contributed by atoms with Gasteiger partial charge >= 0.3 is 0 Å². The van der Waals surface area contributed by atoms with E-state index in [0.717, 1.165) is 37.5 Å². The smallest absolute Gasteiger partial charge is 0.177 e. The van der Waals surface area contributed by atoms with Crippen LogP contribution in [0.15, 0.2) is 46.2 Å². The van der Waals surface area contributed by atoms with Crippen LogP contribution in [0.3, 0.4) is 0 Å². The molecule has 0 spiro atoms. The van der Waals surface area contributed by atoms with E-state index in [4.69, 9.17) is 0 Å². The molecule has 1 aliphatic rings. The van der Waals surface area contributed by atoms with E-state index in [1.54, 1.807) is 0 Å². The minimum absolute atomic E-state index is 0.0116. The van der Waals surface area contributed by atoms with Gasteiger partial charge in [0, 0.05) is 18.2 Å². The molecule has 0 unspecified atom stereocenters. The molecule has 0 amide bonds. The van der Waals surface area contributed by atoms with Crippen molar-refractivity contribution in [2.24, 2.45) is 0 Å². The molecule has 2 aromatic rings. The minimum Gasteiger partial charge on any atom is -0.354 e. The molecule has 0 heterocycles. The summed E-state index contributed by atoms with van der Waals surface area (Å²) in [7, 11) is -7.05. The lowest BCUT2D eigenvalue weighted by atomic mass is 10.1. The lowest BCUT2D eigenvalue weighted by Crippen LogP contribution is -2.06. The molecule has 2 aromatic carbocycles. The highest BCUT2D eigenvalue weighted by Crippen LogP contribution is 2.30. The van der Waals surface area contributed by atoms with E-state index in [2.05, 4.69) is 11.4 Å². The predicted octanol–water partition coefficient (Wildman–Crippen LogP) is 2.73. The van der Waals surface area contributed by atoms with Gasteiger partial charge in [0.2, 0.25) is 0 Å². The molecule has 0 aliphatic heterocycles. The number of benzene rings is 2. The molecule has 0 atom stereocenters. The number of rotatable bonds is 4. The Kier molecular flexibility index (Phi) is 4.17. The Morgan fingerprint density at radius 2 is 1.54 bits per heavy atom. The normalized spacial score (nSPS) is 14.4. The Balaban J connectivity index is 2.04. The van der Waals surface area contributed by atoms with E-state index >= 15 is 0 Å². The molecule has 128 valence electrons. The van der Waals surface area contributed by atoms with E-state index in [-0.39, 0.29) is 9.79 Å². The van der Waals surface area contributed by atoms with Gasteiger partial charge in [0.15, 0.2) is 19.7 Å². The maximum Gasteiger partial charge on any atom is 0.177 e. The Bertz CT molecular complexity index is 1010. The van der Waals surface area contributed by atoms with Crippen molar-refractivity contribution in [3.63, 3.8) is 0 Å². The second kappa shape index (κ2) is 5.89. The van der Waals surface area contributed by atoms with Crippen LogP contribution in [0, 0.1) is 0 Å². The van der Waals surface area contributed by atoms with Crippen LogP contribution in [0.4, 0.5) is 11.4 Å². The first-order valence-corrected chi connectivity index (χ1v) is 11.4. The molecule has 7 heteroatoms. The Hall–Kier alpha value is -1.86. The SMILES string of the molecule is CS(=O)(=O)c1ccc(Nc2ccc3c(c2)CCC3)c(S(C)(=O)=O)c1. The zero-order valence-electron chi connectivity index (χ0n) is 13.5. The first-order valence-electron chi connectivity index (χ1n) is 7.57. The number of fused-ring (bicyclic) bond motifs is 1. The van der Waals surface area contributed by atoms with Crippen molar-refractivity contribution in [2.75, 3.05) is 17.8 Å². The number of sulfone groups is 2. The quantitative estimate of drug-likeness (QED) is 0.901. The summed E-state index contributed by atoms with van der Waals surface area (Å²) in [5, 5.41) is 3.11. The predicted molar refractivity (Wildman–Crippen MR) is 94.4 cm³/mol. The van der Waals surface area contributed by atoms with Gasteiger partial charge in [-0.15, -0.1) is 0 Å². The van der Waals surface area contributed by atoms with Crippen LogP contribution in [-0.4, -0.2) is 29.3 Å². The molecule has 0 radical (unpaired) electrons. The lowest BCUT2D eigenvalue weighted by Gasteiger charge is -2.13. The lowest BCUT2D eigenvalue weighted by molar-refractivity contribution is 0.600. The van der Waals surface area contributed by atoms with E-state index in [1.165, 1.54) is 29.3 Å². The van der Waals surface area contributed by atoms with Gasteiger partial charge in [-0.05, 0) is 60.7 Å². The van der Waals surface area contributed by atoms with Crippen molar-refractivity contribution >= 4 is 31.0 Å². The average Bonchev–Trinajstić information content (AvgIpc) is 2.93. The second-order valence-electron chi connectivity index (χ2n) is 6.16. The molecule has 0 bridgehead atoms. The zero-order valence-corrected chi connectivity index (χ0v) is 15.2. The molecule has 1 N–H and O–H groups in total. The first kappa shape index (κ1) is 17.0. The van der Waals surface area contributed by atoms with Gasteiger partial charge < -0.3 is 5.32 Å². The zero-order chi connectivity index (χ0) is 17.5. The largest absolute Gasteiger partial charge is 0.354 e. The van der Waals surface area contributed by atoms with Crippen LogP contribution in [0.5, 0.6) is 0 Å². The van der Waals surface area contributed by atoms with Gasteiger partial charge in [-0.25, -0.2) is 16.8 Å². The van der Waals surface area contributed by atoms with Gasteiger partial charge in [-0.1, -0.05) is 6.07 Å². The molecule has 1 aliphatic carbocycles.